The van der Waals surface area contributed by atoms with Crippen molar-refractivity contribution in [2.75, 3.05) is 19.8 Å². The van der Waals surface area contributed by atoms with Crippen molar-refractivity contribution in [1.29, 1.82) is 0 Å². The first-order valence-electron chi connectivity index (χ1n) is 6.17. The lowest BCUT2D eigenvalue weighted by molar-refractivity contribution is -0.142. The highest BCUT2D eigenvalue weighted by Crippen LogP contribution is 1.99. The molecule has 1 heterocycles. The van der Waals surface area contributed by atoms with E-state index in [0.29, 0.717) is 12.2 Å². The first-order chi connectivity index (χ1) is 9.67. The lowest BCUT2D eigenvalue weighted by Gasteiger charge is -2.04. The minimum absolute atomic E-state index is 0.125. The molecule has 0 fully saturated rings. The summed E-state index contributed by atoms with van der Waals surface area (Å²) in [6.45, 7) is 2.02. The fraction of sp³-hybridized carbons (Fsp3) is 0.357. The number of hydrogen-bond acceptors (Lipinski definition) is 5. The van der Waals surface area contributed by atoms with Crippen LogP contribution in [0.1, 0.15) is 29.4 Å². The summed E-state index contributed by atoms with van der Waals surface area (Å²) >= 11 is 0. The van der Waals surface area contributed by atoms with Gasteiger partial charge in [0, 0.05) is 18.3 Å². The van der Waals surface area contributed by atoms with Gasteiger partial charge in [-0.3, -0.25) is 9.59 Å². The normalized spacial score (nSPS) is 9.30. The molecular formula is C14H16N2O4. The maximum absolute atomic E-state index is 11.7. The number of carbonyl (C=O) groups is 2. The van der Waals surface area contributed by atoms with Gasteiger partial charge in [0.05, 0.1) is 13.0 Å². The van der Waals surface area contributed by atoms with Crippen molar-refractivity contribution >= 4 is 11.9 Å². The molecule has 0 aliphatic rings. The van der Waals surface area contributed by atoms with E-state index in [9.17, 15) is 9.59 Å². The number of aliphatic hydroxyl groups is 1. The Bertz CT molecular complexity index is 514. The van der Waals surface area contributed by atoms with Crippen LogP contribution in [0.3, 0.4) is 0 Å². The van der Waals surface area contributed by atoms with Crippen LogP contribution >= 0.6 is 0 Å². The molecule has 1 rings (SSSR count). The third-order valence-electron chi connectivity index (χ3n) is 2.23. The Morgan fingerprint density at radius 2 is 2.25 bits per heavy atom. The van der Waals surface area contributed by atoms with E-state index >= 15 is 0 Å². The zero-order valence-corrected chi connectivity index (χ0v) is 11.2. The summed E-state index contributed by atoms with van der Waals surface area (Å²) in [7, 11) is 0. The van der Waals surface area contributed by atoms with E-state index in [2.05, 4.69) is 22.1 Å². The third-order valence-corrected chi connectivity index (χ3v) is 2.23. The molecule has 0 saturated carbocycles. The van der Waals surface area contributed by atoms with Crippen LogP contribution in [0.25, 0.3) is 0 Å². The average molecular weight is 276 g/mol. The van der Waals surface area contributed by atoms with E-state index in [4.69, 9.17) is 9.84 Å². The second kappa shape index (κ2) is 8.67. The van der Waals surface area contributed by atoms with Gasteiger partial charge in [-0.05, 0) is 19.1 Å². The van der Waals surface area contributed by atoms with Gasteiger partial charge in [-0.2, -0.15) is 0 Å². The van der Waals surface area contributed by atoms with Crippen LogP contribution in [0.4, 0.5) is 0 Å². The number of carbonyl (C=O) groups excluding carboxylic acids is 2. The number of hydrogen-bond donors (Lipinski definition) is 2. The fourth-order valence-electron chi connectivity index (χ4n) is 1.35. The van der Waals surface area contributed by atoms with Crippen LogP contribution in [0, 0.1) is 11.8 Å². The van der Waals surface area contributed by atoms with E-state index in [-0.39, 0.29) is 37.1 Å². The van der Waals surface area contributed by atoms with Gasteiger partial charge < -0.3 is 15.2 Å². The Morgan fingerprint density at radius 3 is 2.85 bits per heavy atom. The predicted molar refractivity (Wildman–Crippen MR) is 71.8 cm³/mol. The zero-order chi connectivity index (χ0) is 14.8. The van der Waals surface area contributed by atoms with Crippen LogP contribution in [0.15, 0.2) is 18.3 Å². The maximum Gasteiger partial charge on any atom is 0.307 e. The SMILES string of the molecule is CCOC(=O)CCNC(=O)c1ccc(C#CCO)cn1. The maximum atomic E-state index is 11.7. The zero-order valence-electron chi connectivity index (χ0n) is 11.2. The standard InChI is InChI=1S/C14H16N2O4/c1-2-20-13(18)7-8-15-14(19)12-6-5-11(10-16-12)4-3-9-17/h5-6,10,17H,2,7-9H2,1H3,(H,15,19). The smallest absolute Gasteiger partial charge is 0.307 e. The summed E-state index contributed by atoms with van der Waals surface area (Å²) in [4.78, 5) is 26.7. The van der Waals surface area contributed by atoms with Gasteiger partial charge in [0.2, 0.25) is 0 Å². The Morgan fingerprint density at radius 1 is 1.45 bits per heavy atom. The van der Waals surface area contributed by atoms with Crippen LogP contribution in [0.5, 0.6) is 0 Å². The predicted octanol–water partition coefficient (Wildman–Crippen LogP) is 0.108. The third kappa shape index (κ3) is 5.50. The molecular weight excluding hydrogens is 260 g/mol. The number of nitrogens with one attached hydrogen (secondary N) is 1. The van der Waals surface area contributed by atoms with Crippen LogP contribution in [-0.2, 0) is 9.53 Å². The Kier molecular flexibility index (Phi) is 6.79. The van der Waals surface area contributed by atoms with Crippen molar-refractivity contribution in [3.8, 4) is 11.8 Å². The summed E-state index contributed by atoms with van der Waals surface area (Å²) in [6, 6.07) is 3.16. The topological polar surface area (TPSA) is 88.5 Å². The summed E-state index contributed by atoms with van der Waals surface area (Å²) in [5.41, 5.74) is 0.852. The molecule has 2 N–H and O–H groups in total. The number of aromatic nitrogens is 1. The Balaban J connectivity index is 2.45. The van der Waals surface area contributed by atoms with Gasteiger partial charge in [0.1, 0.15) is 12.3 Å². The summed E-state index contributed by atoms with van der Waals surface area (Å²) in [5, 5.41) is 11.1. The van der Waals surface area contributed by atoms with E-state index in [1.165, 1.54) is 12.3 Å². The molecule has 6 nitrogen and oxygen atoms in total. The lowest BCUT2D eigenvalue weighted by Crippen LogP contribution is -2.27. The van der Waals surface area contributed by atoms with E-state index in [0.717, 1.165) is 0 Å². The highest BCUT2D eigenvalue weighted by molar-refractivity contribution is 5.92. The van der Waals surface area contributed by atoms with E-state index in [1.807, 2.05) is 0 Å². The number of pyridine rings is 1. The first kappa shape index (κ1) is 15.7. The molecule has 0 atom stereocenters. The number of amides is 1. The van der Waals surface area contributed by atoms with E-state index in [1.54, 1.807) is 13.0 Å². The minimum atomic E-state index is -0.365. The van der Waals surface area contributed by atoms with Crippen LogP contribution in [-0.4, -0.2) is 41.7 Å². The molecule has 0 aliphatic carbocycles. The summed E-state index contributed by atoms with van der Waals surface area (Å²) in [6.07, 6.45) is 1.57. The van der Waals surface area contributed by atoms with Crippen molar-refractivity contribution in [3.05, 3.63) is 29.6 Å². The molecule has 0 bridgehead atoms. The number of nitrogens with zero attached hydrogens (tertiary/aromatic N) is 1. The molecule has 0 radical (unpaired) electrons. The molecule has 0 spiro atoms. The number of aliphatic hydroxyl groups excluding tert-OH is 1. The quantitative estimate of drug-likeness (QED) is 0.588. The minimum Gasteiger partial charge on any atom is -0.466 e. The van der Waals surface area contributed by atoms with Crippen molar-refractivity contribution in [1.82, 2.24) is 10.3 Å². The van der Waals surface area contributed by atoms with E-state index < -0.39 is 0 Å². The van der Waals surface area contributed by atoms with Gasteiger partial charge >= 0.3 is 5.97 Å². The summed E-state index contributed by atoms with van der Waals surface area (Å²) < 4.78 is 4.74. The van der Waals surface area contributed by atoms with Crippen molar-refractivity contribution in [2.24, 2.45) is 0 Å². The Hall–Kier alpha value is -2.39. The molecule has 6 heteroatoms. The van der Waals surface area contributed by atoms with Gasteiger partial charge in [0.15, 0.2) is 0 Å². The molecule has 0 aliphatic heterocycles. The Labute approximate surface area is 117 Å². The number of esters is 1. The van der Waals surface area contributed by atoms with Gasteiger partial charge in [0.25, 0.3) is 5.91 Å². The summed E-state index contributed by atoms with van der Waals surface area (Å²) in [5.74, 6) is 4.45. The molecule has 0 unspecified atom stereocenters. The van der Waals surface area contributed by atoms with Crippen LogP contribution in [0.2, 0.25) is 0 Å². The molecule has 20 heavy (non-hydrogen) atoms. The fourth-order valence-corrected chi connectivity index (χ4v) is 1.35. The van der Waals surface area contributed by atoms with Crippen molar-refractivity contribution in [3.63, 3.8) is 0 Å². The second-order valence-electron chi connectivity index (χ2n) is 3.70. The average Bonchev–Trinajstić information content (AvgIpc) is 2.46. The monoisotopic (exact) mass is 276 g/mol. The number of ether oxygens (including phenoxy) is 1. The van der Waals surface area contributed by atoms with Gasteiger partial charge in [-0.15, -0.1) is 0 Å². The number of rotatable bonds is 5. The van der Waals surface area contributed by atoms with Crippen molar-refractivity contribution in [2.45, 2.75) is 13.3 Å². The molecule has 0 aromatic carbocycles. The highest BCUT2D eigenvalue weighted by atomic mass is 16.5. The highest BCUT2D eigenvalue weighted by Gasteiger charge is 2.08. The molecule has 1 amide bonds. The van der Waals surface area contributed by atoms with Crippen LogP contribution < -0.4 is 5.32 Å². The largest absolute Gasteiger partial charge is 0.466 e. The first-order valence-corrected chi connectivity index (χ1v) is 6.17. The molecule has 1 aromatic rings. The molecule has 0 saturated heterocycles. The van der Waals surface area contributed by atoms with Gasteiger partial charge in [-0.1, -0.05) is 11.8 Å². The lowest BCUT2D eigenvalue weighted by atomic mass is 10.2. The second-order valence-corrected chi connectivity index (χ2v) is 3.70. The molecule has 1 aromatic heterocycles. The van der Waals surface area contributed by atoms with Gasteiger partial charge in [-0.25, -0.2) is 4.98 Å². The molecule has 106 valence electrons. The van der Waals surface area contributed by atoms with Crippen molar-refractivity contribution < 1.29 is 19.4 Å².